The van der Waals surface area contributed by atoms with E-state index in [1.165, 1.54) is 13.2 Å². The van der Waals surface area contributed by atoms with Crippen LogP contribution in [0.1, 0.15) is 0 Å². The molecule has 26 heavy (non-hydrogen) atoms. The highest BCUT2D eigenvalue weighted by atomic mass is 19.1. The number of hydrogen-bond donors (Lipinski definition) is 0. The monoisotopic (exact) mass is 344 g/mol. The van der Waals surface area contributed by atoms with E-state index in [-0.39, 0.29) is 5.75 Å². The van der Waals surface area contributed by atoms with Gasteiger partial charge in [0.2, 0.25) is 0 Å². The Morgan fingerprint density at radius 1 is 0.731 bits per heavy atom. The minimum absolute atomic E-state index is 0.215. The van der Waals surface area contributed by atoms with Crippen molar-refractivity contribution in [3.05, 3.63) is 90.7 Å². The smallest absolute Gasteiger partial charge is 0.165 e. The van der Waals surface area contributed by atoms with E-state index in [1.807, 2.05) is 66.7 Å². The summed E-state index contributed by atoms with van der Waals surface area (Å²) in [4.78, 5) is 0. The van der Waals surface area contributed by atoms with Crippen LogP contribution in [-0.2, 0) is 0 Å². The van der Waals surface area contributed by atoms with Crippen molar-refractivity contribution in [2.75, 3.05) is 7.11 Å². The van der Waals surface area contributed by atoms with Crippen LogP contribution < -0.4 is 4.74 Å². The molecule has 0 amide bonds. The maximum atomic E-state index is 14.1. The first kappa shape index (κ1) is 16.2. The molecule has 0 unspecified atom stereocenters. The molecule has 3 aromatic carbocycles. The molecule has 1 aromatic heterocycles. The standard InChI is InChI=1S/C23H17FO2/c1-25-21-13-12-18(14-20(21)24)22-15-19(16-8-4-2-5-9-16)23(26-22)17-10-6-3-7-11-17/h2-15H,1H3. The van der Waals surface area contributed by atoms with Gasteiger partial charge in [-0.25, -0.2) is 4.39 Å². The summed E-state index contributed by atoms with van der Waals surface area (Å²) in [6.45, 7) is 0. The van der Waals surface area contributed by atoms with Crippen molar-refractivity contribution in [1.29, 1.82) is 0 Å². The lowest BCUT2D eigenvalue weighted by Crippen LogP contribution is -1.87. The SMILES string of the molecule is COc1ccc(-c2cc(-c3ccccc3)c(-c3ccccc3)o2)cc1F. The molecule has 1 heterocycles. The van der Waals surface area contributed by atoms with E-state index in [1.54, 1.807) is 12.1 Å². The van der Waals surface area contributed by atoms with Crippen LogP contribution in [0, 0.1) is 5.82 Å². The molecule has 0 N–H and O–H groups in total. The van der Waals surface area contributed by atoms with E-state index in [9.17, 15) is 4.39 Å². The van der Waals surface area contributed by atoms with Crippen LogP contribution >= 0.6 is 0 Å². The van der Waals surface area contributed by atoms with Crippen LogP contribution in [0.15, 0.2) is 89.3 Å². The highest BCUT2D eigenvalue weighted by Crippen LogP contribution is 2.39. The molecule has 0 saturated carbocycles. The van der Waals surface area contributed by atoms with Crippen LogP contribution in [0.3, 0.4) is 0 Å². The summed E-state index contributed by atoms with van der Waals surface area (Å²) in [6.07, 6.45) is 0. The van der Waals surface area contributed by atoms with Gasteiger partial charge in [-0.2, -0.15) is 0 Å². The minimum atomic E-state index is -0.413. The van der Waals surface area contributed by atoms with E-state index < -0.39 is 5.82 Å². The van der Waals surface area contributed by atoms with Crippen molar-refractivity contribution < 1.29 is 13.5 Å². The third kappa shape index (κ3) is 3.00. The van der Waals surface area contributed by atoms with Gasteiger partial charge in [0.15, 0.2) is 11.6 Å². The summed E-state index contributed by atoms with van der Waals surface area (Å²) >= 11 is 0. The Bertz CT molecular complexity index is 964. The van der Waals surface area contributed by atoms with Crippen LogP contribution in [0.5, 0.6) is 5.75 Å². The predicted molar refractivity (Wildman–Crippen MR) is 102 cm³/mol. The number of methoxy groups -OCH3 is 1. The van der Waals surface area contributed by atoms with Gasteiger partial charge in [-0.3, -0.25) is 0 Å². The molecule has 0 fully saturated rings. The summed E-state index contributed by atoms with van der Waals surface area (Å²) in [5, 5.41) is 0. The summed E-state index contributed by atoms with van der Waals surface area (Å²) in [5.41, 5.74) is 3.67. The Morgan fingerprint density at radius 3 is 2.00 bits per heavy atom. The molecule has 0 spiro atoms. The average Bonchev–Trinajstić information content (AvgIpc) is 3.15. The van der Waals surface area contributed by atoms with Crippen molar-refractivity contribution in [2.24, 2.45) is 0 Å². The first-order valence-corrected chi connectivity index (χ1v) is 8.35. The fourth-order valence-electron chi connectivity index (χ4n) is 2.99. The van der Waals surface area contributed by atoms with Gasteiger partial charge in [-0.15, -0.1) is 0 Å². The van der Waals surface area contributed by atoms with E-state index >= 15 is 0 Å². The summed E-state index contributed by atoms with van der Waals surface area (Å²) < 4.78 is 25.3. The first-order valence-electron chi connectivity index (χ1n) is 8.35. The zero-order chi connectivity index (χ0) is 17.9. The van der Waals surface area contributed by atoms with Gasteiger partial charge >= 0.3 is 0 Å². The third-order valence-corrected chi connectivity index (χ3v) is 4.29. The molecule has 0 bridgehead atoms. The van der Waals surface area contributed by atoms with Gasteiger partial charge in [0.25, 0.3) is 0 Å². The molecule has 2 nitrogen and oxygen atoms in total. The second-order valence-electron chi connectivity index (χ2n) is 5.93. The van der Waals surface area contributed by atoms with Crippen LogP contribution in [0.2, 0.25) is 0 Å². The summed E-state index contributed by atoms with van der Waals surface area (Å²) in [6, 6.07) is 26.7. The maximum absolute atomic E-state index is 14.1. The number of rotatable bonds is 4. The molecule has 0 aliphatic rings. The molecule has 0 aliphatic carbocycles. The average molecular weight is 344 g/mol. The van der Waals surface area contributed by atoms with Gasteiger partial charge in [0.05, 0.1) is 7.11 Å². The Kier molecular flexibility index (Phi) is 4.28. The zero-order valence-electron chi connectivity index (χ0n) is 14.3. The third-order valence-electron chi connectivity index (χ3n) is 4.29. The lowest BCUT2D eigenvalue weighted by molar-refractivity contribution is 0.386. The Balaban J connectivity index is 1.88. The first-order chi connectivity index (χ1) is 12.8. The Hall–Kier alpha value is -3.33. The van der Waals surface area contributed by atoms with Crippen LogP contribution in [-0.4, -0.2) is 7.11 Å². The van der Waals surface area contributed by atoms with E-state index in [4.69, 9.17) is 9.15 Å². The fourth-order valence-corrected chi connectivity index (χ4v) is 2.99. The Morgan fingerprint density at radius 2 is 1.38 bits per heavy atom. The van der Waals surface area contributed by atoms with Gasteiger partial charge in [0, 0.05) is 16.7 Å². The number of furan rings is 1. The number of benzene rings is 3. The molecular formula is C23H17FO2. The van der Waals surface area contributed by atoms with Crippen molar-refractivity contribution in [2.45, 2.75) is 0 Å². The lowest BCUT2D eigenvalue weighted by atomic mass is 10.0. The quantitative estimate of drug-likeness (QED) is 0.426. The van der Waals surface area contributed by atoms with E-state index in [2.05, 4.69) is 0 Å². The van der Waals surface area contributed by atoms with Crippen LogP contribution in [0.25, 0.3) is 33.8 Å². The van der Waals surface area contributed by atoms with Crippen molar-refractivity contribution in [3.63, 3.8) is 0 Å². The predicted octanol–water partition coefficient (Wildman–Crippen LogP) is 6.43. The van der Waals surface area contributed by atoms with E-state index in [0.29, 0.717) is 11.3 Å². The van der Waals surface area contributed by atoms with Gasteiger partial charge < -0.3 is 9.15 Å². The van der Waals surface area contributed by atoms with Gasteiger partial charge in [-0.05, 0) is 29.8 Å². The summed E-state index contributed by atoms with van der Waals surface area (Å²) in [7, 11) is 1.45. The highest BCUT2D eigenvalue weighted by Gasteiger charge is 2.17. The van der Waals surface area contributed by atoms with Crippen molar-refractivity contribution in [1.82, 2.24) is 0 Å². The topological polar surface area (TPSA) is 22.4 Å². The molecule has 0 atom stereocenters. The number of halogens is 1. The summed E-state index contributed by atoms with van der Waals surface area (Å²) in [5.74, 6) is 1.18. The Labute approximate surface area is 151 Å². The molecule has 0 aliphatic heterocycles. The second kappa shape index (κ2) is 6.89. The normalized spacial score (nSPS) is 10.7. The molecular weight excluding hydrogens is 327 g/mol. The second-order valence-corrected chi connectivity index (χ2v) is 5.93. The van der Waals surface area contributed by atoms with Crippen LogP contribution in [0.4, 0.5) is 4.39 Å². The van der Waals surface area contributed by atoms with Gasteiger partial charge in [0.1, 0.15) is 11.5 Å². The number of ether oxygens (including phenoxy) is 1. The fraction of sp³-hybridized carbons (Fsp3) is 0.0435. The molecule has 0 saturated heterocycles. The maximum Gasteiger partial charge on any atom is 0.165 e. The molecule has 3 heteroatoms. The minimum Gasteiger partial charge on any atom is -0.494 e. The molecule has 128 valence electrons. The molecule has 4 aromatic rings. The van der Waals surface area contributed by atoms with E-state index in [0.717, 1.165) is 22.5 Å². The van der Waals surface area contributed by atoms with Crippen molar-refractivity contribution >= 4 is 0 Å². The lowest BCUT2D eigenvalue weighted by Gasteiger charge is -2.03. The molecule has 0 radical (unpaired) electrons. The highest BCUT2D eigenvalue weighted by molar-refractivity contribution is 5.83. The molecule has 4 rings (SSSR count). The number of hydrogen-bond acceptors (Lipinski definition) is 2. The zero-order valence-corrected chi connectivity index (χ0v) is 14.3. The van der Waals surface area contributed by atoms with Gasteiger partial charge in [-0.1, -0.05) is 60.7 Å². The largest absolute Gasteiger partial charge is 0.494 e. The van der Waals surface area contributed by atoms with Crippen molar-refractivity contribution in [3.8, 4) is 39.5 Å².